The molecule has 2 heterocycles. The summed E-state index contributed by atoms with van der Waals surface area (Å²) in [5, 5.41) is 4.57. The van der Waals surface area contributed by atoms with Gasteiger partial charge in [-0.1, -0.05) is 6.07 Å². The summed E-state index contributed by atoms with van der Waals surface area (Å²) < 4.78 is 5.35. The molecule has 1 atom stereocenters. The largest absolute Gasteiger partial charge is 0.378 e. The number of nitrogens with one attached hydrogen (secondary N) is 1. The van der Waals surface area contributed by atoms with Crippen LogP contribution in [-0.2, 0) is 9.53 Å². The zero-order valence-corrected chi connectivity index (χ0v) is 12.4. The van der Waals surface area contributed by atoms with Crippen molar-refractivity contribution in [3.05, 3.63) is 22.4 Å². The number of morpholine rings is 1. The van der Waals surface area contributed by atoms with Crippen LogP contribution >= 0.6 is 11.3 Å². The lowest BCUT2D eigenvalue weighted by molar-refractivity contribution is -0.132. The number of carbonyl (C=O) groups is 2. The first kappa shape index (κ1) is 15.2. The Morgan fingerprint density at radius 3 is 3.10 bits per heavy atom. The molecule has 1 fully saturated rings. The van der Waals surface area contributed by atoms with Crippen LogP contribution in [0.5, 0.6) is 0 Å². The van der Waals surface area contributed by atoms with Gasteiger partial charge in [0.25, 0.3) is 0 Å². The van der Waals surface area contributed by atoms with E-state index in [2.05, 4.69) is 10.2 Å². The van der Waals surface area contributed by atoms with E-state index in [0.717, 1.165) is 24.4 Å². The van der Waals surface area contributed by atoms with Crippen molar-refractivity contribution < 1.29 is 14.3 Å². The molecule has 0 bridgehead atoms. The highest BCUT2D eigenvalue weighted by atomic mass is 32.1. The molecule has 1 unspecified atom stereocenters. The van der Waals surface area contributed by atoms with Crippen molar-refractivity contribution in [2.75, 3.05) is 33.4 Å². The molecule has 6 heteroatoms. The minimum Gasteiger partial charge on any atom is -0.378 e. The van der Waals surface area contributed by atoms with Crippen molar-refractivity contribution >= 4 is 23.0 Å². The van der Waals surface area contributed by atoms with Crippen molar-refractivity contribution in [1.82, 2.24) is 10.2 Å². The molecule has 110 valence electrons. The number of Topliss-reactive ketones (excluding diaryl/α,β-unsaturated/α-hetero) is 1. The summed E-state index contributed by atoms with van der Waals surface area (Å²) >= 11 is 1.48. The zero-order chi connectivity index (χ0) is 14.4. The quantitative estimate of drug-likeness (QED) is 0.800. The molecule has 1 aromatic rings. The molecule has 1 amide bonds. The summed E-state index contributed by atoms with van der Waals surface area (Å²) in [6.07, 6.45) is 1.29. The number of amides is 1. The van der Waals surface area contributed by atoms with E-state index in [1.807, 2.05) is 17.5 Å². The predicted molar refractivity (Wildman–Crippen MR) is 78.1 cm³/mol. The second-order valence-electron chi connectivity index (χ2n) is 4.74. The number of hydrogen-bond acceptors (Lipinski definition) is 5. The Bertz CT molecular complexity index is 447. The maximum absolute atomic E-state index is 11.9. The fourth-order valence-electron chi connectivity index (χ4n) is 2.32. The van der Waals surface area contributed by atoms with Crippen molar-refractivity contribution in [3.8, 4) is 0 Å². The monoisotopic (exact) mass is 296 g/mol. The van der Waals surface area contributed by atoms with Gasteiger partial charge in [0, 0.05) is 20.0 Å². The Morgan fingerprint density at radius 2 is 2.40 bits per heavy atom. The molecule has 1 N–H and O–H groups in total. The van der Waals surface area contributed by atoms with Gasteiger partial charge in [-0.2, -0.15) is 0 Å². The number of carbonyl (C=O) groups excluding carboxylic acids is 2. The normalized spacial score (nSPS) is 19.8. The molecule has 2 rings (SSSR count). The van der Waals surface area contributed by atoms with Gasteiger partial charge < -0.3 is 10.1 Å². The van der Waals surface area contributed by atoms with Gasteiger partial charge in [0.15, 0.2) is 5.78 Å². The molecule has 1 saturated heterocycles. The summed E-state index contributed by atoms with van der Waals surface area (Å²) in [4.78, 5) is 26.6. The van der Waals surface area contributed by atoms with Crippen LogP contribution in [0.1, 0.15) is 22.5 Å². The van der Waals surface area contributed by atoms with Crippen molar-refractivity contribution in [2.45, 2.75) is 18.9 Å². The Balaban J connectivity index is 1.79. The average molecular weight is 296 g/mol. The van der Waals surface area contributed by atoms with Crippen LogP contribution in [0.2, 0.25) is 0 Å². The molecular formula is C14H20N2O3S. The third-order valence-corrected chi connectivity index (χ3v) is 4.34. The van der Waals surface area contributed by atoms with E-state index < -0.39 is 0 Å². The first-order valence-corrected chi connectivity index (χ1v) is 7.70. The maximum atomic E-state index is 11.9. The summed E-state index contributed by atoms with van der Waals surface area (Å²) in [5.74, 6) is 0.166. The molecule has 0 aliphatic carbocycles. The predicted octanol–water partition coefficient (Wildman–Crippen LogP) is 1.16. The van der Waals surface area contributed by atoms with Crippen molar-refractivity contribution in [2.24, 2.45) is 0 Å². The van der Waals surface area contributed by atoms with Gasteiger partial charge in [-0.25, -0.2) is 0 Å². The molecule has 0 spiro atoms. The highest BCUT2D eigenvalue weighted by Gasteiger charge is 2.28. The Labute approximate surface area is 122 Å². The van der Waals surface area contributed by atoms with Gasteiger partial charge in [0.2, 0.25) is 5.91 Å². The van der Waals surface area contributed by atoms with Crippen LogP contribution in [0.4, 0.5) is 0 Å². The Kier molecular flexibility index (Phi) is 5.70. The number of likely N-dealkylation sites (N-methyl/N-ethyl adjacent to an activating group) is 1. The van der Waals surface area contributed by atoms with Crippen LogP contribution in [0.3, 0.4) is 0 Å². The number of rotatable bonds is 6. The van der Waals surface area contributed by atoms with Crippen LogP contribution in [-0.4, -0.2) is 56.0 Å². The minimum absolute atomic E-state index is 0.0192. The maximum Gasteiger partial charge on any atom is 0.239 e. The van der Waals surface area contributed by atoms with Gasteiger partial charge in [0.05, 0.1) is 18.1 Å². The second-order valence-corrected chi connectivity index (χ2v) is 5.69. The van der Waals surface area contributed by atoms with Crippen LogP contribution < -0.4 is 5.32 Å². The summed E-state index contributed by atoms with van der Waals surface area (Å²) in [6, 6.07) is 3.52. The van der Waals surface area contributed by atoms with Crippen molar-refractivity contribution in [3.63, 3.8) is 0 Å². The van der Waals surface area contributed by atoms with E-state index in [-0.39, 0.29) is 17.7 Å². The third kappa shape index (κ3) is 3.88. The molecule has 0 saturated carbocycles. The Morgan fingerprint density at radius 1 is 1.55 bits per heavy atom. The van der Waals surface area contributed by atoms with Crippen LogP contribution in [0.25, 0.3) is 0 Å². The number of thiophene rings is 1. The molecule has 5 nitrogen and oxygen atoms in total. The number of ether oxygens (including phenoxy) is 1. The van der Waals surface area contributed by atoms with E-state index in [4.69, 9.17) is 4.74 Å². The van der Waals surface area contributed by atoms with Gasteiger partial charge in [-0.3, -0.25) is 14.5 Å². The highest BCUT2D eigenvalue weighted by molar-refractivity contribution is 7.12. The van der Waals surface area contributed by atoms with E-state index in [0.29, 0.717) is 19.6 Å². The number of hydrogen-bond donors (Lipinski definition) is 1. The van der Waals surface area contributed by atoms with Crippen LogP contribution in [0.15, 0.2) is 17.5 Å². The third-order valence-electron chi connectivity index (χ3n) is 3.43. The van der Waals surface area contributed by atoms with Gasteiger partial charge in [0.1, 0.15) is 6.04 Å². The zero-order valence-electron chi connectivity index (χ0n) is 11.6. The van der Waals surface area contributed by atoms with E-state index in [1.165, 1.54) is 11.3 Å². The molecule has 0 radical (unpaired) electrons. The standard InChI is InChI=1S/C14H20N2O3S/c1-15-14(18)11-10-19-8-7-16(11)6-2-4-12(17)13-5-3-9-20-13/h3,5,9,11H,2,4,6-8,10H2,1H3,(H,15,18). The molecule has 0 aromatic carbocycles. The molecule has 1 aliphatic rings. The summed E-state index contributed by atoms with van der Waals surface area (Å²) in [6.45, 7) is 2.56. The summed E-state index contributed by atoms with van der Waals surface area (Å²) in [7, 11) is 1.63. The topological polar surface area (TPSA) is 58.6 Å². The molecule has 1 aliphatic heterocycles. The second kappa shape index (κ2) is 7.52. The van der Waals surface area contributed by atoms with Crippen LogP contribution in [0, 0.1) is 0 Å². The lowest BCUT2D eigenvalue weighted by Crippen LogP contribution is -2.53. The van der Waals surface area contributed by atoms with Crippen molar-refractivity contribution in [1.29, 1.82) is 0 Å². The molecule has 20 heavy (non-hydrogen) atoms. The number of nitrogens with zero attached hydrogens (tertiary/aromatic N) is 1. The van der Waals surface area contributed by atoms with E-state index in [1.54, 1.807) is 7.05 Å². The first-order valence-electron chi connectivity index (χ1n) is 6.82. The highest BCUT2D eigenvalue weighted by Crippen LogP contribution is 2.14. The van der Waals surface area contributed by atoms with E-state index >= 15 is 0 Å². The smallest absolute Gasteiger partial charge is 0.239 e. The average Bonchev–Trinajstić information content (AvgIpc) is 3.01. The fourth-order valence-corrected chi connectivity index (χ4v) is 3.01. The fraction of sp³-hybridized carbons (Fsp3) is 0.571. The van der Waals surface area contributed by atoms with Gasteiger partial charge in [-0.15, -0.1) is 11.3 Å². The van der Waals surface area contributed by atoms with Gasteiger partial charge >= 0.3 is 0 Å². The molecule has 1 aromatic heterocycles. The first-order chi connectivity index (χ1) is 9.72. The lowest BCUT2D eigenvalue weighted by atomic mass is 10.1. The Hall–Kier alpha value is -1.24. The number of ketones is 1. The van der Waals surface area contributed by atoms with E-state index in [9.17, 15) is 9.59 Å². The SMILES string of the molecule is CNC(=O)C1COCCN1CCCC(=O)c1cccs1. The summed E-state index contributed by atoms with van der Waals surface area (Å²) in [5.41, 5.74) is 0. The lowest BCUT2D eigenvalue weighted by Gasteiger charge is -2.34. The van der Waals surface area contributed by atoms with Gasteiger partial charge in [-0.05, 0) is 24.4 Å². The molecular weight excluding hydrogens is 276 g/mol. The minimum atomic E-state index is -0.231.